The molecule has 31 heavy (non-hydrogen) atoms. The number of hydrogen-bond acceptors (Lipinski definition) is 6. The van der Waals surface area contributed by atoms with Crippen LogP contribution < -0.4 is 0 Å². The third kappa shape index (κ3) is 4.81. The molecule has 2 aliphatic heterocycles. The predicted octanol–water partition coefficient (Wildman–Crippen LogP) is 1.37. The number of benzene rings is 1. The summed E-state index contributed by atoms with van der Waals surface area (Å²) in [6.07, 6.45) is 3.29. The molecule has 1 unspecified atom stereocenters. The van der Waals surface area contributed by atoms with Crippen molar-refractivity contribution in [3.05, 3.63) is 47.5 Å². The molecule has 1 saturated heterocycles. The Labute approximate surface area is 183 Å². The van der Waals surface area contributed by atoms with E-state index in [1.54, 1.807) is 4.31 Å². The summed E-state index contributed by atoms with van der Waals surface area (Å²) in [7, 11) is -1.92. The average molecular weight is 448 g/mol. The summed E-state index contributed by atoms with van der Waals surface area (Å²) in [6.45, 7) is 1.94. The lowest BCUT2D eigenvalue weighted by Crippen LogP contribution is -2.41. The molecule has 0 radical (unpaired) electrons. The fourth-order valence-electron chi connectivity index (χ4n) is 4.43. The van der Waals surface area contributed by atoms with Gasteiger partial charge in [0, 0.05) is 39.7 Å². The minimum absolute atomic E-state index is 0.0107. The van der Waals surface area contributed by atoms with Crippen molar-refractivity contribution < 1.29 is 17.9 Å². The minimum atomic E-state index is -3.43. The molecule has 0 N–H and O–H groups in total. The zero-order valence-electron chi connectivity index (χ0n) is 17.8. The number of carbonyl (C=O) groups is 1. The van der Waals surface area contributed by atoms with E-state index in [-0.39, 0.29) is 24.3 Å². The van der Waals surface area contributed by atoms with Crippen LogP contribution in [0.1, 0.15) is 42.5 Å². The lowest BCUT2D eigenvalue weighted by atomic mass is 10.0. The fourth-order valence-corrected chi connectivity index (χ4v) is 5.96. The Morgan fingerprint density at radius 3 is 2.68 bits per heavy atom. The van der Waals surface area contributed by atoms with Crippen LogP contribution in [0.25, 0.3) is 0 Å². The van der Waals surface area contributed by atoms with Gasteiger partial charge in [0.25, 0.3) is 0 Å². The topological polar surface area (TPSA) is 97.6 Å². The molecule has 10 heteroatoms. The van der Waals surface area contributed by atoms with Crippen LogP contribution in [0.4, 0.5) is 0 Å². The van der Waals surface area contributed by atoms with Gasteiger partial charge in [0.15, 0.2) is 5.82 Å². The number of nitrogens with zero attached hydrogens (tertiary/aromatic N) is 5. The lowest BCUT2D eigenvalue weighted by Gasteiger charge is -2.35. The molecule has 0 saturated carbocycles. The number of carbonyl (C=O) groups excluding carboxylic acids is 1. The molecular weight excluding hydrogens is 418 g/mol. The van der Waals surface area contributed by atoms with Gasteiger partial charge in [-0.1, -0.05) is 30.3 Å². The fraction of sp³-hybridized carbons (Fsp3) is 0.571. The van der Waals surface area contributed by atoms with Crippen LogP contribution in [-0.4, -0.2) is 71.6 Å². The molecule has 9 nitrogen and oxygen atoms in total. The number of rotatable bonds is 6. The van der Waals surface area contributed by atoms with Crippen LogP contribution in [0, 0.1) is 0 Å². The number of likely N-dealkylation sites (tertiary alicyclic amines) is 1. The first-order valence-electron chi connectivity index (χ1n) is 10.7. The first-order valence-corrected chi connectivity index (χ1v) is 12.3. The monoisotopic (exact) mass is 447 g/mol. The van der Waals surface area contributed by atoms with Crippen molar-refractivity contribution in [1.29, 1.82) is 0 Å². The zero-order valence-corrected chi connectivity index (χ0v) is 18.6. The van der Waals surface area contributed by atoms with Crippen LogP contribution in [-0.2, 0) is 38.3 Å². The second-order valence-electron chi connectivity index (χ2n) is 8.05. The maximum absolute atomic E-state index is 13.0. The third-order valence-corrected chi connectivity index (χ3v) is 7.84. The molecule has 1 aromatic heterocycles. The molecule has 0 bridgehead atoms. The largest absolute Gasteiger partial charge is 0.375 e. The maximum atomic E-state index is 13.0. The van der Waals surface area contributed by atoms with Gasteiger partial charge >= 0.3 is 0 Å². The summed E-state index contributed by atoms with van der Waals surface area (Å²) in [5.74, 6) is 1.47. The smallest absolute Gasteiger partial charge is 0.249 e. The first-order chi connectivity index (χ1) is 15.0. The Hall–Kier alpha value is -2.30. The Morgan fingerprint density at radius 1 is 1.10 bits per heavy atom. The van der Waals surface area contributed by atoms with Gasteiger partial charge < -0.3 is 14.2 Å². The van der Waals surface area contributed by atoms with Crippen molar-refractivity contribution in [3.8, 4) is 0 Å². The molecule has 1 fully saturated rings. The number of fused-ring (bicyclic) bond motifs is 1. The van der Waals surface area contributed by atoms with Crippen LogP contribution in [0.15, 0.2) is 30.3 Å². The van der Waals surface area contributed by atoms with Crippen molar-refractivity contribution in [2.75, 3.05) is 33.4 Å². The van der Waals surface area contributed by atoms with E-state index < -0.39 is 10.0 Å². The molecule has 3 heterocycles. The van der Waals surface area contributed by atoms with E-state index in [1.807, 2.05) is 39.8 Å². The third-order valence-electron chi connectivity index (χ3n) is 5.99. The van der Waals surface area contributed by atoms with Gasteiger partial charge in [0.1, 0.15) is 12.4 Å². The predicted molar refractivity (Wildman–Crippen MR) is 115 cm³/mol. The first kappa shape index (κ1) is 21.9. The number of ether oxygens (including phenoxy) is 1. The van der Waals surface area contributed by atoms with E-state index in [1.165, 1.54) is 7.11 Å². The second kappa shape index (κ2) is 9.46. The Kier molecular flexibility index (Phi) is 6.68. The van der Waals surface area contributed by atoms with Crippen molar-refractivity contribution in [1.82, 2.24) is 24.0 Å². The van der Waals surface area contributed by atoms with Crippen LogP contribution in [0.2, 0.25) is 0 Å². The zero-order chi connectivity index (χ0) is 21.8. The number of hydrogen-bond donors (Lipinski definition) is 0. The van der Waals surface area contributed by atoms with Gasteiger partial charge in [-0.3, -0.25) is 4.79 Å². The summed E-state index contributed by atoms with van der Waals surface area (Å²) >= 11 is 0. The van der Waals surface area contributed by atoms with E-state index in [0.717, 1.165) is 36.5 Å². The molecular formula is C21H29N5O4S. The van der Waals surface area contributed by atoms with Crippen molar-refractivity contribution >= 4 is 15.9 Å². The van der Waals surface area contributed by atoms with Gasteiger partial charge in [0.05, 0.1) is 11.8 Å². The number of sulfonamides is 1. The highest BCUT2D eigenvalue weighted by atomic mass is 32.2. The summed E-state index contributed by atoms with van der Waals surface area (Å²) in [5.41, 5.74) is 0.779. The highest BCUT2D eigenvalue weighted by Crippen LogP contribution is 2.31. The Bertz CT molecular complexity index is 1010. The Morgan fingerprint density at radius 2 is 1.90 bits per heavy atom. The number of amides is 1. The lowest BCUT2D eigenvalue weighted by molar-refractivity contribution is -0.139. The molecule has 4 rings (SSSR count). The average Bonchev–Trinajstić information content (AvgIpc) is 3.04. The molecule has 1 aromatic carbocycles. The molecule has 1 amide bonds. The number of methoxy groups -OCH3 is 1. The van der Waals surface area contributed by atoms with Gasteiger partial charge in [-0.2, -0.15) is 4.31 Å². The van der Waals surface area contributed by atoms with E-state index in [2.05, 4.69) is 10.2 Å². The molecule has 0 aliphatic carbocycles. The summed E-state index contributed by atoms with van der Waals surface area (Å²) in [6, 6.07) is 9.09. The molecule has 2 aromatic rings. The highest BCUT2D eigenvalue weighted by Gasteiger charge is 2.34. The van der Waals surface area contributed by atoms with Gasteiger partial charge in [-0.15, -0.1) is 10.2 Å². The van der Waals surface area contributed by atoms with Crippen LogP contribution >= 0.6 is 0 Å². The standard InChI is InChI=1S/C21H29N5O4S/c1-30-15-20(27)25-11-6-5-9-18(25)21-23-22-19-10-12-24(13-14-26(19)21)31(28,29)16-17-7-3-2-4-8-17/h2-4,7-8,18H,5-6,9-16H2,1H3. The van der Waals surface area contributed by atoms with Gasteiger partial charge in [-0.25, -0.2) is 8.42 Å². The van der Waals surface area contributed by atoms with Crippen molar-refractivity contribution in [2.24, 2.45) is 0 Å². The SMILES string of the molecule is COCC(=O)N1CCCCC1c1nnc2n1CCN(S(=O)(=O)Cc1ccccc1)CC2. The number of aromatic nitrogens is 3. The van der Waals surface area contributed by atoms with E-state index in [4.69, 9.17) is 4.74 Å². The highest BCUT2D eigenvalue weighted by molar-refractivity contribution is 7.88. The van der Waals surface area contributed by atoms with Gasteiger partial charge in [-0.05, 0) is 24.8 Å². The number of piperidine rings is 1. The molecule has 0 spiro atoms. The Balaban J connectivity index is 1.51. The van der Waals surface area contributed by atoms with E-state index in [9.17, 15) is 13.2 Å². The van der Waals surface area contributed by atoms with E-state index >= 15 is 0 Å². The summed E-state index contributed by atoms with van der Waals surface area (Å²) in [4.78, 5) is 14.4. The summed E-state index contributed by atoms with van der Waals surface area (Å²) in [5, 5.41) is 8.78. The van der Waals surface area contributed by atoms with Crippen molar-refractivity contribution in [2.45, 2.75) is 44.0 Å². The van der Waals surface area contributed by atoms with Crippen LogP contribution in [0.5, 0.6) is 0 Å². The summed E-state index contributed by atoms with van der Waals surface area (Å²) < 4.78 is 34.6. The van der Waals surface area contributed by atoms with E-state index in [0.29, 0.717) is 32.6 Å². The molecule has 168 valence electrons. The van der Waals surface area contributed by atoms with Crippen LogP contribution in [0.3, 0.4) is 0 Å². The molecule has 2 aliphatic rings. The molecule has 1 atom stereocenters. The normalized spacial score (nSPS) is 20.3. The van der Waals surface area contributed by atoms with Crippen molar-refractivity contribution in [3.63, 3.8) is 0 Å². The maximum Gasteiger partial charge on any atom is 0.249 e. The van der Waals surface area contributed by atoms with Gasteiger partial charge in [0.2, 0.25) is 15.9 Å². The second-order valence-corrected chi connectivity index (χ2v) is 10.0. The minimum Gasteiger partial charge on any atom is -0.375 e. The quantitative estimate of drug-likeness (QED) is 0.663.